The maximum atomic E-state index is 11.2. The summed E-state index contributed by atoms with van der Waals surface area (Å²) in [5.74, 6) is -0.132. The number of benzene rings is 2. The molecule has 1 N–H and O–H groups in total. The van der Waals surface area contributed by atoms with E-state index in [0.717, 1.165) is 42.0 Å². The highest BCUT2D eigenvalue weighted by Gasteiger charge is 2.21. The Morgan fingerprint density at radius 1 is 1.10 bits per heavy atom. The van der Waals surface area contributed by atoms with Gasteiger partial charge in [-0.1, -0.05) is 29.5 Å². The molecule has 0 fully saturated rings. The lowest BCUT2D eigenvalue weighted by atomic mass is 10.0. The number of carbonyl (C=O) groups excluding carboxylic acids is 1. The van der Waals surface area contributed by atoms with E-state index in [1.807, 2.05) is 5.51 Å². The summed E-state index contributed by atoms with van der Waals surface area (Å²) < 4.78 is 1.24. The molecule has 5 rings (SSSR count). The van der Waals surface area contributed by atoms with Crippen LogP contribution >= 0.6 is 22.7 Å². The van der Waals surface area contributed by atoms with Gasteiger partial charge in [0.2, 0.25) is 11.0 Å². The van der Waals surface area contributed by atoms with Crippen molar-refractivity contribution in [2.24, 2.45) is 0 Å². The van der Waals surface area contributed by atoms with Crippen LogP contribution in [0.3, 0.4) is 0 Å². The van der Waals surface area contributed by atoms with Crippen LogP contribution in [-0.2, 0) is 17.6 Å². The Labute approximate surface area is 189 Å². The SMILES string of the molecule is CC(=O)Nc1nnc(-c2ccc3c(c2)CCN([C@@H](C)c2ccc4scnc4c2)CC3)s1. The zero-order chi connectivity index (χ0) is 21.4. The van der Waals surface area contributed by atoms with Crippen LogP contribution in [0.2, 0.25) is 0 Å². The molecule has 1 amide bonds. The van der Waals surface area contributed by atoms with Crippen LogP contribution < -0.4 is 5.32 Å². The van der Waals surface area contributed by atoms with Crippen molar-refractivity contribution in [2.45, 2.75) is 32.7 Å². The molecule has 0 unspecified atom stereocenters. The quantitative estimate of drug-likeness (QED) is 0.478. The van der Waals surface area contributed by atoms with Crippen molar-refractivity contribution < 1.29 is 4.79 Å². The Balaban J connectivity index is 1.33. The summed E-state index contributed by atoms with van der Waals surface area (Å²) in [7, 11) is 0. The van der Waals surface area contributed by atoms with Crippen LogP contribution in [0.5, 0.6) is 0 Å². The zero-order valence-corrected chi connectivity index (χ0v) is 19.1. The van der Waals surface area contributed by atoms with Gasteiger partial charge in [-0.05, 0) is 54.7 Å². The first-order valence-corrected chi connectivity index (χ1v) is 12.1. The molecule has 1 atom stereocenters. The summed E-state index contributed by atoms with van der Waals surface area (Å²) in [6, 6.07) is 13.6. The van der Waals surface area contributed by atoms with Gasteiger partial charge in [-0.25, -0.2) is 4.98 Å². The Morgan fingerprint density at radius 2 is 1.94 bits per heavy atom. The molecule has 0 radical (unpaired) electrons. The highest BCUT2D eigenvalue weighted by Crippen LogP contribution is 2.31. The molecule has 1 aliphatic heterocycles. The number of carbonyl (C=O) groups is 1. The number of amides is 1. The molecule has 2 aromatic heterocycles. The lowest BCUT2D eigenvalue weighted by Gasteiger charge is -2.28. The first kappa shape index (κ1) is 20.2. The van der Waals surface area contributed by atoms with Crippen LogP contribution in [0.1, 0.15) is 36.6 Å². The van der Waals surface area contributed by atoms with Gasteiger partial charge in [-0.2, -0.15) is 0 Å². The molecule has 3 heterocycles. The first-order chi connectivity index (χ1) is 15.1. The van der Waals surface area contributed by atoms with Crippen LogP contribution in [0.25, 0.3) is 20.8 Å². The van der Waals surface area contributed by atoms with E-state index in [4.69, 9.17) is 0 Å². The number of nitrogens with one attached hydrogen (secondary N) is 1. The fraction of sp³-hybridized carbons (Fsp3) is 0.304. The van der Waals surface area contributed by atoms with Gasteiger partial charge in [0.15, 0.2) is 0 Å². The number of hydrogen-bond acceptors (Lipinski definition) is 7. The van der Waals surface area contributed by atoms with E-state index in [0.29, 0.717) is 11.2 Å². The highest BCUT2D eigenvalue weighted by molar-refractivity contribution is 7.18. The third-order valence-electron chi connectivity index (χ3n) is 5.88. The van der Waals surface area contributed by atoms with Crippen molar-refractivity contribution in [2.75, 3.05) is 18.4 Å². The van der Waals surface area contributed by atoms with Gasteiger partial charge >= 0.3 is 0 Å². The zero-order valence-electron chi connectivity index (χ0n) is 17.5. The van der Waals surface area contributed by atoms with Gasteiger partial charge in [0.05, 0.1) is 15.7 Å². The molecule has 0 saturated carbocycles. The summed E-state index contributed by atoms with van der Waals surface area (Å²) in [4.78, 5) is 18.3. The molecule has 4 aromatic rings. The Hall–Kier alpha value is -2.68. The average molecular weight is 450 g/mol. The molecule has 8 heteroatoms. The molecule has 158 valence electrons. The number of anilines is 1. The van der Waals surface area contributed by atoms with Gasteiger partial charge in [-0.3, -0.25) is 9.69 Å². The van der Waals surface area contributed by atoms with E-state index in [1.165, 1.54) is 39.7 Å². The smallest absolute Gasteiger partial charge is 0.223 e. The number of aromatic nitrogens is 3. The van der Waals surface area contributed by atoms with Gasteiger partial charge in [0.1, 0.15) is 5.01 Å². The largest absolute Gasteiger partial charge is 0.301 e. The van der Waals surface area contributed by atoms with Crippen LogP contribution in [-0.4, -0.2) is 39.1 Å². The summed E-state index contributed by atoms with van der Waals surface area (Å²) in [5, 5.41) is 12.4. The standard InChI is InChI=1S/C23H23N5OS2/c1-14(17-5-6-21-20(12-17)24-13-30-21)28-9-7-16-3-4-19(11-18(16)8-10-28)22-26-27-23(31-22)25-15(2)29/h3-6,11-14H,7-10H2,1-2H3,(H,25,27,29)/t14-/m0/s1. The third kappa shape index (κ3) is 4.23. The lowest BCUT2D eigenvalue weighted by Crippen LogP contribution is -2.29. The predicted molar refractivity (Wildman–Crippen MR) is 127 cm³/mol. The van der Waals surface area contributed by atoms with E-state index < -0.39 is 0 Å². The van der Waals surface area contributed by atoms with Crippen molar-refractivity contribution in [3.63, 3.8) is 0 Å². The van der Waals surface area contributed by atoms with Crippen LogP contribution in [0.15, 0.2) is 41.9 Å². The number of hydrogen-bond donors (Lipinski definition) is 1. The van der Waals surface area contributed by atoms with E-state index in [-0.39, 0.29) is 5.91 Å². The first-order valence-electron chi connectivity index (χ1n) is 10.4. The lowest BCUT2D eigenvalue weighted by molar-refractivity contribution is -0.114. The van der Waals surface area contributed by atoms with E-state index >= 15 is 0 Å². The minimum absolute atomic E-state index is 0.132. The van der Waals surface area contributed by atoms with E-state index in [9.17, 15) is 4.79 Å². The molecule has 31 heavy (non-hydrogen) atoms. The molecular weight excluding hydrogens is 426 g/mol. The summed E-state index contributed by atoms with van der Waals surface area (Å²) in [6.45, 7) is 5.82. The number of thiazole rings is 1. The van der Waals surface area contributed by atoms with Crippen molar-refractivity contribution >= 4 is 43.9 Å². The normalized spacial score (nSPS) is 15.4. The summed E-state index contributed by atoms with van der Waals surface area (Å²) in [5.41, 5.74) is 8.16. The molecule has 1 aliphatic rings. The van der Waals surface area contributed by atoms with Crippen LogP contribution in [0, 0.1) is 0 Å². The molecule has 0 aliphatic carbocycles. The van der Waals surface area contributed by atoms with Gasteiger partial charge < -0.3 is 5.32 Å². The van der Waals surface area contributed by atoms with Gasteiger partial charge in [-0.15, -0.1) is 21.5 Å². The van der Waals surface area contributed by atoms with E-state index in [1.54, 1.807) is 11.3 Å². The summed E-state index contributed by atoms with van der Waals surface area (Å²) >= 11 is 3.09. The fourth-order valence-corrected chi connectivity index (χ4v) is 5.59. The topological polar surface area (TPSA) is 71.0 Å². The average Bonchev–Trinajstić information content (AvgIpc) is 3.37. The monoisotopic (exact) mass is 449 g/mol. The van der Waals surface area contributed by atoms with E-state index in [2.05, 4.69) is 68.7 Å². The fourth-order valence-electron chi connectivity index (χ4n) is 4.15. The molecule has 2 aromatic carbocycles. The van der Waals surface area contributed by atoms with Crippen LogP contribution in [0.4, 0.5) is 5.13 Å². The predicted octanol–water partition coefficient (Wildman–Crippen LogP) is 4.94. The van der Waals surface area contributed by atoms with Gasteiger partial charge in [0.25, 0.3) is 0 Å². The molecular formula is C23H23N5OS2. The second kappa shape index (κ2) is 8.45. The Kier molecular flexibility index (Phi) is 5.52. The van der Waals surface area contributed by atoms with Crippen molar-refractivity contribution in [1.82, 2.24) is 20.1 Å². The Bertz CT molecular complexity index is 1250. The number of nitrogens with zero attached hydrogens (tertiary/aromatic N) is 4. The second-order valence-electron chi connectivity index (χ2n) is 7.87. The van der Waals surface area contributed by atoms with Crippen molar-refractivity contribution in [1.29, 1.82) is 0 Å². The number of fused-ring (bicyclic) bond motifs is 2. The molecule has 0 bridgehead atoms. The third-order valence-corrected chi connectivity index (χ3v) is 7.58. The minimum Gasteiger partial charge on any atom is -0.301 e. The van der Waals surface area contributed by atoms with Crippen molar-refractivity contribution in [3.8, 4) is 10.6 Å². The molecule has 0 spiro atoms. The second-order valence-corrected chi connectivity index (χ2v) is 9.73. The molecule has 6 nitrogen and oxygen atoms in total. The maximum Gasteiger partial charge on any atom is 0.223 e. The maximum absolute atomic E-state index is 11.2. The summed E-state index contributed by atoms with van der Waals surface area (Å²) in [6.07, 6.45) is 2.04. The Morgan fingerprint density at radius 3 is 2.77 bits per heavy atom. The van der Waals surface area contributed by atoms with Gasteiger partial charge in [0, 0.05) is 31.6 Å². The van der Waals surface area contributed by atoms with Crippen molar-refractivity contribution in [3.05, 3.63) is 58.6 Å². The molecule has 0 saturated heterocycles. The highest BCUT2D eigenvalue weighted by atomic mass is 32.1. The number of rotatable bonds is 4. The minimum atomic E-state index is -0.132.